The molecule has 1 fully saturated rings. The minimum Gasteiger partial charge on any atom is -0.465 e. The lowest BCUT2D eigenvalue weighted by Gasteiger charge is -2.21. The van der Waals surface area contributed by atoms with Crippen LogP contribution in [-0.4, -0.2) is 31.1 Å². The Morgan fingerprint density at radius 1 is 1.24 bits per heavy atom. The van der Waals surface area contributed by atoms with Crippen LogP contribution in [0.4, 0.5) is 0 Å². The van der Waals surface area contributed by atoms with Gasteiger partial charge in [0.15, 0.2) is 5.78 Å². The average molecular weight is 242 g/mol. The van der Waals surface area contributed by atoms with Crippen LogP contribution >= 0.6 is 0 Å². The zero-order chi connectivity index (χ0) is 12.9. The minimum atomic E-state index is -1.10. The minimum absolute atomic E-state index is 0.0104. The summed E-state index contributed by atoms with van der Waals surface area (Å²) in [5, 5.41) is 0. The number of hydrogen-bond donors (Lipinski definition) is 0. The molecule has 0 aromatic carbocycles. The first-order valence-corrected chi connectivity index (χ1v) is 6.30. The summed E-state index contributed by atoms with van der Waals surface area (Å²) in [6.07, 6.45) is 4.57. The van der Waals surface area contributed by atoms with Crippen molar-refractivity contribution in [2.45, 2.75) is 52.6 Å². The molecule has 0 saturated heterocycles. The van der Waals surface area contributed by atoms with Gasteiger partial charge in [0, 0.05) is 0 Å². The van der Waals surface area contributed by atoms with Gasteiger partial charge in [-0.3, -0.25) is 9.59 Å². The number of ketones is 1. The maximum Gasteiger partial charge on any atom is 0.319 e. The Hall–Kier alpha value is -0.900. The molecule has 0 aromatic heterocycles. The van der Waals surface area contributed by atoms with Gasteiger partial charge in [-0.15, -0.1) is 0 Å². The molecule has 1 aliphatic rings. The van der Waals surface area contributed by atoms with E-state index in [0.29, 0.717) is 6.61 Å². The molecule has 1 saturated carbocycles. The van der Waals surface area contributed by atoms with Crippen molar-refractivity contribution in [3.8, 4) is 0 Å². The molecule has 4 heteroatoms. The van der Waals surface area contributed by atoms with E-state index in [0.717, 1.165) is 12.8 Å². The third kappa shape index (κ3) is 3.80. The summed E-state index contributed by atoms with van der Waals surface area (Å²) in [7, 11) is 0. The highest BCUT2D eigenvalue weighted by Gasteiger charge is 2.37. The fraction of sp³-hybridized carbons (Fsp3) is 0.846. The van der Waals surface area contributed by atoms with E-state index < -0.39 is 11.4 Å². The molecule has 1 aliphatic carbocycles. The second-order valence-electron chi connectivity index (χ2n) is 4.99. The number of esters is 1. The van der Waals surface area contributed by atoms with Crippen LogP contribution < -0.4 is 0 Å². The first kappa shape index (κ1) is 14.2. The number of ether oxygens (including phenoxy) is 2. The predicted molar refractivity (Wildman–Crippen MR) is 63.6 cm³/mol. The predicted octanol–water partition coefficient (Wildman–Crippen LogP) is 2.10. The Morgan fingerprint density at radius 2 is 1.82 bits per heavy atom. The first-order valence-electron chi connectivity index (χ1n) is 6.30. The molecule has 0 bridgehead atoms. The summed E-state index contributed by atoms with van der Waals surface area (Å²) in [5.41, 5.74) is -1.10. The SMILES string of the molecule is CCOC(=O)C(C)(C)C(=O)COC1CCCC1. The van der Waals surface area contributed by atoms with Gasteiger partial charge in [0.2, 0.25) is 0 Å². The summed E-state index contributed by atoms with van der Waals surface area (Å²) < 4.78 is 10.4. The van der Waals surface area contributed by atoms with E-state index in [1.165, 1.54) is 12.8 Å². The Kier molecular flexibility index (Phi) is 5.12. The molecule has 98 valence electrons. The Bertz CT molecular complexity index is 277. The summed E-state index contributed by atoms with van der Waals surface area (Å²) in [5.74, 6) is -0.678. The van der Waals surface area contributed by atoms with Gasteiger partial charge in [0.1, 0.15) is 12.0 Å². The second kappa shape index (κ2) is 6.15. The van der Waals surface area contributed by atoms with Crippen molar-refractivity contribution in [2.24, 2.45) is 5.41 Å². The van der Waals surface area contributed by atoms with Crippen LogP contribution in [0.1, 0.15) is 46.5 Å². The van der Waals surface area contributed by atoms with Gasteiger partial charge in [-0.1, -0.05) is 12.8 Å². The number of hydrogen-bond acceptors (Lipinski definition) is 4. The highest BCUT2D eigenvalue weighted by atomic mass is 16.5. The highest BCUT2D eigenvalue weighted by molar-refractivity contribution is 6.03. The number of rotatable bonds is 6. The lowest BCUT2D eigenvalue weighted by atomic mass is 9.88. The average Bonchev–Trinajstić information content (AvgIpc) is 2.78. The van der Waals surface area contributed by atoms with E-state index in [1.54, 1.807) is 20.8 Å². The maximum absolute atomic E-state index is 11.9. The van der Waals surface area contributed by atoms with E-state index in [2.05, 4.69) is 0 Å². The van der Waals surface area contributed by atoms with E-state index in [1.807, 2.05) is 0 Å². The van der Waals surface area contributed by atoms with Crippen LogP contribution in [-0.2, 0) is 19.1 Å². The number of Topliss-reactive ketones (excluding diaryl/α,β-unsaturated/α-hetero) is 1. The fourth-order valence-electron chi connectivity index (χ4n) is 1.85. The van der Waals surface area contributed by atoms with Gasteiger partial charge >= 0.3 is 5.97 Å². The van der Waals surface area contributed by atoms with Crippen molar-refractivity contribution < 1.29 is 19.1 Å². The molecule has 0 radical (unpaired) electrons. The lowest BCUT2D eigenvalue weighted by Crippen LogP contribution is -2.38. The quantitative estimate of drug-likeness (QED) is 0.528. The van der Waals surface area contributed by atoms with Crippen molar-refractivity contribution in [3.05, 3.63) is 0 Å². The topological polar surface area (TPSA) is 52.6 Å². The van der Waals surface area contributed by atoms with E-state index in [-0.39, 0.29) is 18.5 Å². The van der Waals surface area contributed by atoms with Crippen molar-refractivity contribution >= 4 is 11.8 Å². The Balaban J connectivity index is 2.41. The Morgan fingerprint density at radius 3 is 2.35 bits per heavy atom. The first-order chi connectivity index (χ1) is 7.98. The van der Waals surface area contributed by atoms with Crippen LogP contribution in [0, 0.1) is 5.41 Å². The summed E-state index contributed by atoms with van der Waals surface area (Å²) in [6, 6.07) is 0. The molecular formula is C13H22O4. The molecule has 0 aliphatic heterocycles. The van der Waals surface area contributed by atoms with Crippen molar-refractivity contribution in [3.63, 3.8) is 0 Å². The molecule has 0 aromatic rings. The molecule has 0 N–H and O–H groups in total. The molecule has 1 rings (SSSR count). The molecule has 0 unspecified atom stereocenters. The zero-order valence-electron chi connectivity index (χ0n) is 11.0. The molecule has 17 heavy (non-hydrogen) atoms. The number of carbonyl (C=O) groups excluding carboxylic acids is 2. The second-order valence-corrected chi connectivity index (χ2v) is 4.99. The normalized spacial score (nSPS) is 17.1. The largest absolute Gasteiger partial charge is 0.465 e. The van der Waals surface area contributed by atoms with Gasteiger partial charge in [0.05, 0.1) is 12.7 Å². The Labute approximate surface area is 103 Å². The third-order valence-corrected chi connectivity index (χ3v) is 3.24. The van der Waals surface area contributed by atoms with Gasteiger partial charge in [-0.25, -0.2) is 0 Å². The smallest absolute Gasteiger partial charge is 0.319 e. The summed E-state index contributed by atoms with van der Waals surface area (Å²) in [6.45, 7) is 5.21. The summed E-state index contributed by atoms with van der Waals surface area (Å²) >= 11 is 0. The van der Waals surface area contributed by atoms with E-state index >= 15 is 0 Å². The van der Waals surface area contributed by atoms with Crippen LogP contribution in [0.25, 0.3) is 0 Å². The molecule has 4 nitrogen and oxygen atoms in total. The third-order valence-electron chi connectivity index (χ3n) is 3.24. The molecule has 0 heterocycles. The van der Waals surface area contributed by atoms with E-state index in [4.69, 9.17) is 9.47 Å². The van der Waals surface area contributed by atoms with Crippen LogP contribution in [0.3, 0.4) is 0 Å². The summed E-state index contributed by atoms with van der Waals surface area (Å²) in [4.78, 5) is 23.5. The van der Waals surface area contributed by atoms with Gasteiger partial charge in [0.25, 0.3) is 0 Å². The van der Waals surface area contributed by atoms with Crippen molar-refractivity contribution in [2.75, 3.05) is 13.2 Å². The molecule has 0 amide bonds. The standard InChI is InChI=1S/C13H22O4/c1-4-16-12(15)13(2,3)11(14)9-17-10-7-5-6-8-10/h10H,4-9H2,1-3H3. The van der Waals surface area contributed by atoms with Crippen LogP contribution in [0.5, 0.6) is 0 Å². The van der Waals surface area contributed by atoms with Crippen molar-refractivity contribution in [1.82, 2.24) is 0 Å². The van der Waals surface area contributed by atoms with Gasteiger partial charge < -0.3 is 9.47 Å². The monoisotopic (exact) mass is 242 g/mol. The lowest BCUT2D eigenvalue weighted by molar-refractivity contribution is -0.159. The van der Waals surface area contributed by atoms with Crippen LogP contribution in [0.2, 0.25) is 0 Å². The highest BCUT2D eigenvalue weighted by Crippen LogP contribution is 2.23. The fourth-order valence-corrected chi connectivity index (χ4v) is 1.85. The molecular weight excluding hydrogens is 220 g/mol. The molecule has 0 spiro atoms. The van der Waals surface area contributed by atoms with Crippen LogP contribution in [0.15, 0.2) is 0 Å². The van der Waals surface area contributed by atoms with E-state index in [9.17, 15) is 9.59 Å². The van der Waals surface area contributed by atoms with Gasteiger partial charge in [-0.2, -0.15) is 0 Å². The zero-order valence-corrected chi connectivity index (χ0v) is 11.0. The van der Waals surface area contributed by atoms with Crippen molar-refractivity contribution in [1.29, 1.82) is 0 Å². The van der Waals surface area contributed by atoms with Gasteiger partial charge in [-0.05, 0) is 33.6 Å². The number of carbonyl (C=O) groups is 2. The molecule has 0 atom stereocenters. The maximum atomic E-state index is 11.9.